The Bertz CT molecular complexity index is 811. The highest BCUT2D eigenvalue weighted by atomic mass is 79.9. The second kappa shape index (κ2) is 8.44. The monoisotopic (exact) mass is 462 g/mol. The largest absolute Gasteiger partial charge is 0.381 e. The molecule has 0 spiro atoms. The number of carbonyl (C=O) groups excluding carboxylic acids is 1. The van der Waals surface area contributed by atoms with Crippen LogP contribution in [-0.4, -0.2) is 50.2 Å². The SMILES string of the molecule is O=C(N1CCN(c2ccc(Cl)cc2)CC1)C1(c2ccc(Br)cc2)CCOCC1. The van der Waals surface area contributed by atoms with Crippen molar-refractivity contribution in [3.8, 4) is 0 Å². The van der Waals surface area contributed by atoms with Crippen LogP contribution in [0.25, 0.3) is 0 Å². The Morgan fingerprint density at radius 3 is 2.14 bits per heavy atom. The Labute approximate surface area is 179 Å². The lowest BCUT2D eigenvalue weighted by atomic mass is 9.73. The first kappa shape index (κ1) is 19.7. The minimum atomic E-state index is -0.471. The van der Waals surface area contributed by atoms with E-state index < -0.39 is 5.41 Å². The summed E-state index contributed by atoms with van der Waals surface area (Å²) in [5, 5.41) is 0.744. The van der Waals surface area contributed by atoms with E-state index in [9.17, 15) is 4.79 Å². The molecule has 0 N–H and O–H groups in total. The number of hydrogen-bond donors (Lipinski definition) is 0. The lowest BCUT2D eigenvalue weighted by molar-refractivity contribution is -0.141. The van der Waals surface area contributed by atoms with E-state index in [4.69, 9.17) is 16.3 Å². The molecule has 2 aromatic rings. The van der Waals surface area contributed by atoms with Crippen molar-refractivity contribution in [3.63, 3.8) is 0 Å². The van der Waals surface area contributed by atoms with Gasteiger partial charge in [-0.05, 0) is 54.8 Å². The van der Waals surface area contributed by atoms with Crippen LogP contribution in [0.1, 0.15) is 18.4 Å². The molecular formula is C22H24BrClN2O2. The van der Waals surface area contributed by atoms with E-state index >= 15 is 0 Å². The van der Waals surface area contributed by atoms with Gasteiger partial charge in [0.2, 0.25) is 5.91 Å². The second-order valence-electron chi connectivity index (χ2n) is 7.46. The Morgan fingerprint density at radius 1 is 0.929 bits per heavy atom. The van der Waals surface area contributed by atoms with Crippen LogP contribution in [0.4, 0.5) is 5.69 Å². The number of amides is 1. The van der Waals surface area contributed by atoms with Gasteiger partial charge in [0.25, 0.3) is 0 Å². The average Bonchev–Trinajstić information content (AvgIpc) is 2.75. The molecule has 4 rings (SSSR count). The summed E-state index contributed by atoms with van der Waals surface area (Å²) in [5.41, 5.74) is 1.79. The summed E-state index contributed by atoms with van der Waals surface area (Å²) in [5.74, 6) is 0.244. The number of benzene rings is 2. The smallest absolute Gasteiger partial charge is 0.233 e. The summed E-state index contributed by atoms with van der Waals surface area (Å²) in [6, 6.07) is 16.1. The van der Waals surface area contributed by atoms with Crippen LogP contribution in [0.5, 0.6) is 0 Å². The number of carbonyl (C=O) groups is 1. The van der Waals surface area contributed by atoms with Gasteiger partial charge in [-0.15, -0.1) is 0 Å². The number of halogens is 2. The third-order valence-corrected chi connectivity index (χ3v) is 6.69. The van der Waals surface area contributed by atoms with Gasteiger partial charge in [-0.1, -0.05) is 39.7 Å². The lowest BCUT2D eigenvalue weighted by Crippen LogP contribution is -2.56. The van der Waals surface area contributed by atoms with Crippen molar-refractivity contribution in [2.24, 2.45) is 0 Å². The van der Waals surface area contributed by atoms with E-state index in [-0.39, 0.29) is 5.91 Å². The predicted octanol–water partition coefficient (Wildman–Crippen LogP) is 4.50. The molecule has 148 valence electrons. The van der Waals surface area contributed by atoms with Gasteiger partial charge >= 0.3 is 0 Å². The highest BCUT2D eigenvalue weighted by Crippen LogP contribution is 2.37. The van der Waals surface area contributed by atoms with Gasteiger partial charge in [-0.2, -0.15) is 0 Å². The molecule has 0 aromatic heterocycles. The van der Waals surface area contributed by atoms with Gasteiger partial charge in [-0.25, -0.2) is 0 Å². The summed E-state index contributed by atoms with van der Waals surface area (Å²) in [6.45, 7) is 4.40. The summed E-state index contributed by atoms with van der Waals surface area (Å²) < 4.78 is 6.62. The maximum Gasteiger partial charge on any atom is 0.233 e. The van der Waals surface area contributed by atoms with E-state index in [2.05, 4.69) is 33.0 Å². The van der Waals surface area contributed by atoms with Crippen LogP contribution in [-0.2, 0) is 14.9 Å². The summed E-state index contributed by atoms with van der Waals surface area (Å²) >= 11 is 9.50. The molecule has 28 heavy (non-hydrogen) atoms. The van der Waals surface area contributed by atoms with E-state index in [1.807, 2.05) is 41.3 Å². The minimum absolute atomic E-state index is 0.244. The summed E-state index contributed by atoms with van der Waals surface area (Å²) in [6.07, 6.45) is 1.48. The molecule has 2 aliphatic rings. The number of nitrogens with zero attached hydrogens (tertiary/aromatic N) is 2. The van der Waals surface area contributed by atoms with Crippen molar-refractivity contribution in [1.82, 2.24) is 4.90 Å². The molecule has 2 heterocycles. The normalized spacial score (nSPS) is 19.5. The summed E-state index contributed by atoms with van der Waals surface area (Å²) in [7, 11) is 0. The third-order valence-electron chi connectivity index (χ3n) is 5.91. The van der Waals surface area contributed by atoms with Crippen LogP contribution in [0.2, 0.25) is 5.02 Å². The number of piperazine rings is 1. The molecule has 2 aromatic carbocycles. The van der Waals surface area contributed by atoms with Crippen LogP contribution >= 0.6 is 27.5 Å². The van der Waals surface area contributed by atoms with Crippen molar-refractivity contribution >= 4 is 39.1 Å². The Morgan fingerprint density at radius 2 is 1.54 bits per heavy atom. The molecular weight excluding hydrogens is 440 g/mol. The minimum Gasteiger partial charge on any atom is -0.381 e. The number of hydrogen-bond acceptors (Lipinski definition) is 3. The van der Waals surface area contributed by atoms with Crippen molar-refractivity contribution in [2.75, 3.05) is 44.3 Å². The molecule has 6 heteroatoms. The molecule has 0 unspecified atom stereocenters. The van der Waals surface area contributed by atoms with Gasteiger partial charge in [0, 0.05) is 54.6 Å². The molecule has 0 bridgehead atoms. The van der Waals surface area contributed by atoms with E-state index in [1.165, 1.54) is 0 Å². The van der Waals surface area contributed by atoms with Crippen LogP contribution < -0.4 is 4.90 Å². The standard InChI is InChI=1S/C22H24BrClN2O2/c23-18-3-1-17(2-4-18)22(9-15-28-16-10-22)21(27)26-13-11-25(12-14-26)20-7-5-19(24)6-8-20/h1-8H,9-16H2. The van der Waals surface area contributed by atoms with Crippen LogP contribution in [0.15, 0.2) is 53.0 Å². The first-order valence-electron chi connectivity index (χ1n) is 9.72. The quantitative estimate of drug-likeness (QED) is 0.672. The second-order valence-corrected chi connectivity index (χ2v) is 8.81. The molecule has 4 nitrogen and oxygen atoms in total. The molecule has 0 radical (unpaired) electrons. The van der Waals surface area contributed by atoms with E-state index in [0.717, 1.165) is 59.8 Å². The average molecular weight is 464 g/mol. The van der Waals surface area contributed by atoms with E-state index in [1.54, 1.807) is 0 Å². The fourth-order valence-corrected chi connectivity index (χ4v) is 4.63. The fourth-order valence-electron chi connectivity index (χ4n) is 4.24. The van der Waals surface area contributed by atoms with Crippen LogP contribution in [0, 0.1) is 0 Å². The van der Waals surface area contributed by atoms with Gasteiger partial charge in [0.05, 0.1) is 5.41 Å². The number of anilines is 1. The fraction of sp³-hybridized carbons (Fsp3) is 0.409. The van der Waals surface area contributed by atoms with Gasteiger partial charge < -0.3 is 14.5 Å². The van der Waals surface area contributed by atoms with Gasteiger partial charge in [-0.3, -0.25) is 4.79 Å². The Balaban J connectivity index is 1.50. The van der Waals surface area contributed by atoms with Crippen molar-refractivity contribution in [2.45, 2.75) is 18.3 Å². The number of ether oxygens (including phenoxy) is 1. The molecule has 1 amide bonds. The van der Waals surface area contributed by atoms with Crippen molar-refractivity contribution < 1.29 is 9.53 Å². The molecule has 0 atom stereocenters. The summed E-state index contributed by atoms with van der Waals surface area (Å²) in [4.78, 5) is 18.0. The molecule has 0 saturated carbocycles. The molecule has 2 fully saturated rings. The number of rotatable bonds is 3. The van der Waals surface area contributed by atoms with Gasteiger partial charge in [0.1, 0.15) is 0 Å². The molecule has 2 aliphatic heterocycles. The first-order chi connectivity index (χ1) is 13.6. The van der Waals surface area contributed by atoms with Gasteiger partial charge in [0.15, 0.2) is 0 Å². The molecule has 2 saturated heterocycles. The Kier molecular flexibility index (Phi) is 5.95. The Hall–Kier alpha value is -1.56. The predicted molar refractivity (Wildman–Crippen MR) is 116 cm³/mol. The van der Waals surface area contributed by atoms with Crippen molar-refractivity contribution in [3.05, 3.63) is 63.6 Å². The maximum absolute atomic E-state index is 13.7. The zero-order chi connectivity index (χ0) is 19.6. The lowest BCUT2D eigenvalue weighted by Gasteiger charge is -2.43. The van der Waals surface area contributed by atoms with Crippen LogP contribution in [0.3, 0.4) is 0 Å². The maximum atomic E-state index is 13.7. The third kappa shape index (κ3) is 3.93. The zero-order valence-corrected chi connectivity index (χ0v) is 18.1. The van der Waals surface area contributed by atoms with E-state index in [0.29, 0.717) is 13.2 Å². The zero-order valence-electron chi connectivity index (χ0n) is 15.7. The van der Waals surface area contributed by atoms with Crippen molar-refractivity contribution in [1.29, 1.82) is 0 Å². The highest BCUT2D eigenvalue weighted by molar-refractivity contribution is 9.10. The topological polar surface area (TPSA) is 32.8 Å². The highest BCUT2D eigenvalue weighted by Gasteiger charge is 2.44. The molecule has 0 aliphatic carbocycles. The first-order valence-corrected chi connectivity index (χ1v) is 10.9.